The minimum Gasteiger partial charge on any atom is -0.306 e. The predicted octanol–water partition coefficient (Wildman–Crippen LogP) is 5.63. The molecule has 0 heterocycles. The Bertz CT molecular complexity index is 496. The highest BCUT2D eigenvalue weighted by Gasteiger charge is 2.32. The molecule has 1 rings (SSSR count). The van der Waals surface area contributed by atoms with Crippen LogP contribution >= 0.6 is 7.60 Å². The summed E-state index contributed by atoms with van der Waals surface area (Å²) >= 11 is 0. The standard InChI is InChI=1S/C16H27O3PSi/c1-6-18-20(17,19-7-2)16(14-21(3,4)5)13-15-11-9-8-10-12-15/h8-13H,6-7,14H2,1-5H3/b16-13-. The van der Waals surface area contributed by atoms with Gasteiger partial charge in [0.1, 0.15) is 0 Å². The predicted molar refractivity (Wildman–Crippen MR) is 93.4 cm³/mol. The van der Waals surface area contributed by atoms with Crippen LogP contribution in [-0.2, 0) is 13.6 Å². The summed E-state index contributed by atoms with van der Waals surface area (Å²) in [7, 11) is -4.64. The molecule has 21 heavy (non-hydrogen) atoms. The van der Waals surface area contributed by atoms with Crippen LogP contribution < -0.4 is 0 Å². The molecule has 118 valence electrons. The van der Waals surface area contributed by atoms with Gasteiger partial charge in [0.05, 0.1) is 13.2 Å². The van der Waals surface area contributed by atoms with Crippen molar-refractivity contribution in [2.45, 2.75) is 39.5 Å². The molecule has 1 aromatic carbocycles. The lowest BCUT2D eigenvalue weighted by Crippen LogP contribution is -2.20. The molecule has 0 aromatic heterocycles. The molecule has 1 aromatic rings. The monoisotopic (exact) mass is 326 g/mol. The molecule has 0 spiro atoms. The lowest BCUT2D eigenvalue weighted by Gasteiger charge is -2.25. The van der Waals surface area contributed by atoms with Crippen molar-refractivity contribution in [2.24, 2.45) is 0 Å². The van der Waals surface area contributed by atoms with Crippen molar-refractivity contribution in [3.8, 4) is 0 Å². The summed E-state index contributed by atoms with van der Waals surface area (Å²) in [5.74, 6) is 0. The van der Waals surface area contributed by atoms with Crippen molar-refractivity contribution < 1.29 is 13.6 Å². The molecule has 0 saturated heterocycles. The molecular weight excluding hydrogens is 299 g/mol. The second-order valence-electron chi connectivity index (χ2n) is 6.12. The van der Waals surface area contributed by atoms with Gasteiger partial charge in [-0.05, 0) is 31.5 Å². The van der Waals surface area contributed by atoms with Crippen LogP contribution in [0.25, 0.3) is 6.08 Å². The topological polar surface area (TPSA) is 35.5 Å². The van der Waals surface area contributed by atoms with E-state index in [-0.39, 0.29) is 0 Å². The molecule has 0 bridgehead atoms. The highest BCUT2D eigenvalue weighted by Crippen LogP contribution is 2.59. The fourth-order valence-electron chi connectivity index (χ4n) is 2.05. The Balaban J connectivity index is 3.23. The Hall–Kier alpha value is -0.673. The van der Waals surface area contributed by atoms with Crippen molar-refractivity contribution in [3.63, 3.8) is 0 Å². The summed E-state index contributed by atoms with van der Waals surface area (Å²) in [6.07, 6.45) is 1.98. The maximum Gasteiger partial charge on any atom is 0.357 e. The largest absolute Gasteiger partial charge is 0.357 e. The quantitative estimate of drug-likeness (QED) is 0.458. The van der Waals surface area contributed by atoms with E-state index in [1.54, 1.807) is 0 Å². The summed E-state index contributed by atoms with van der Waals surface area (Å²) in [5, 5.41) is 0.802. The summed E-state index contributed by atoms with van der Waals surface area (Å²) in [6.45, 7) is 11.2. The van der Waals surface area contributed by atoms with Crippen molar-refractivity contribution in [3.05, 3.63) is 41.2 Å². The van der Waals surface area contributed by atoms with Crippen molar-refractivity contribution in [1.82, 2.24) is 0 Å². The molecule has 0 N–H and O–H groups in total. The van der Waals surface area contributed by atoms with E-state index in [9.17, 15) is 4.57 Å². The van der Waals surface area contributed by atoms with Crippen LogP contribution in [0.5, 0.6) is 0 Å². The Morgan fingerprint density at radius 2 is 1.62 bits per heavy atom. The van der Waals surface area contributed by atoms with Gasteiger partial charge in [0, 0.05) is 13.4 Å². The van der Waals surface area contributed by atoms with Crippen molar-refractivity contribution >= 4 is 21.7 Å². The first-order valence-electron chi connectivity index (χ1n) is 7.46. The average Bonchev–Trinajstić information content (AvgIpc) is 2.38. The molecular formula is C16H27O3PSi. The second kappa shape index (κ2) is 8.09. The van der Waals surface area contributed by atoms with Gasteiger partial charge in [-0.3, -0.25) is 4.57 Å². The zero-order chi connectivity index (χ0) is 15.9. The van der Waals surface area contributed by atoms with E-state index >= 15 is 0 Å². The zero-order valence-corrected chi connectivity index (χ0v) is 15.7. The van der Waals surface area contributed by atoms with Crippen LogP contribution in [0.2, 0.25) is 25.7 Å². The molecule has 0 aliphatic heterocycles. The van der Waals surface area contributed by atoms with Gasteiger partial charge in [-0.1, -0.05) is 50.0 Å². The van der Waals surface area contributed by atoms with E-state index in [4.69, 9.17) is 9.05 Å². The van der Waals surface area contributed by atoms with Gasteiger partial charge in [0.25, 0.3) is 0 Å². The van der Waals surface area contributed by atoms with Gasteiger partial charge in [0.2, 0.25) is 0 Å². The molecule has 0 aliphatic carbocycles. The number of hydrogen-bond donors (Lipinski definition) is 0. The highest BCUT2D eigenvalue weighted by atomic mass is 31.2. The zero-order valence-electron chi connectivity index (χ0n) is 13.8. The fourth-order valence-corrected chi connectivity index (χ4v) is 6.83. The van der Waals surface area contributed by atoms with Crippen LogP contribution in [-0.4, -0.2) is 21.3 Å². The van der Waals surface area contributed by atoms with E-state index < -0.39 is 15.7 Å². The first-order valence-corrected chi connectivity index (χ1v) is 12.7. The Morgan fingerprint density at radius 3 is 2.05 bits per heavy atom. The third-order valence-electron chi connectivity index (χ3n) is 2.79. The molecule has 0 aliphatic rings. The summed E-state index contributed by atoms with van der Waals surface area (Å²) in [5.41, 5.74) is 1.03. The Labute approximate surface area is 129 Å². The maximum absolute atomic E-state index is 13.1. The number of rotatable bonds is 8. The lowest BCUT2D eigenvalue weighted by atomic mass is 10.2. The molecule has 0 atom stereocenters. The molecule has 0 unspecified atom stereocenters. The number of benzene rings is 1. The first-order chi connectivity index (χ1) is 9.80. The van der Waals surface area contributed by atoms with Crippen LogP contribution in [0.15, 0.2) is 35.6 Å². The number of hydrogen-bond acceptors (Lipinski definition) is 3. The van der Waals surface area contributed by atoms with Gasteiger partial charge in [-0.15, -0.1) is 0 Å². The number of allylic oxidation sites excluding steroid dienone is 1. The van der Waals surface area contributed by atoms with Gasteiger partial charge < -0.3 is 9.05 Å². The van der Waals surface area contributed by atoms with Crippen molar-refractivity contribution in [2.75, 3.05) is 13.2 Å². The summed E-state index contributed by atoms with van der Waals surface area (Å²) < 4.78 is 24.2. The SMILES string of the molecule is CCOP(=O)(OCC)/C(=C\c1ccccc1)C[Si](C)(C)C. The molecule has 5 heteroatoms. The molecule has 0 fully saturated rings. The van der Waals surface area contributed by atoms with Crippen LogP contribution in [0.1, 0.15) is 19.4 Å². The van der Waals surface area contributed by atoms with E-state index in [1.165, 1.54) is 0 Å². The fraction of sp³-hybridized carbons (Fsp3) is 0.500. The summed E-state index contributed by atoms with van der Waals surface area (Å²) in [4.78, 5) is 0. The Kier molecular flexibility index (Phi) is 7.08. The third kappa shape index (κ3) is 6.31. The van der Waals surface area contributed by atoms with Gasteiger partial charge in [-0.2, -0.15) is 0 Å². The van der Waals surface area contributed by atoms with E-state index in [0.29, 0.717) is 13.2 Å². The van der Waals surface area contributed by atoms with Gasteiger partial charge in [0.15, 0.2) is 0 Å². The lowest BCUT2D eigenvalue weighted by molar-refractivity contribution is 0.226. The molecule has 3 nitrogen and oxygen atoms in total. The highest BCUT2D eigenvalue weighted by molar-refractivity contribution is 7.59. The molecule has 0 amide bonds. The smallest absolute Gasteiger partial charge is 0.306 e. The van der Waals surface area contributed by atoms with Crippen LogP contribution in [0, 0.1) is 0 Å². The van der Waals surface area contributed by atoms with E-state index in [1.807, 2.05) is 50.3 Å². The maximum atomic E-state index is 13.1. The van der Waals surface area contributed by atoms with Gasteiger partial charge in [-0.25, -0.2) is 0 Å². The molecule has 0 saturated carbocycles. The third-order valence-corrected chi connectivity index (χ3v) is 6.72. The van der Waals surface area contributed by atoms with Gasteiger partial charge >= 0.3 is 7.60 Å². The Morgan fingerprint density at radius 1 is 1.10 bits per heavy atom. The van der Waals surface area contributed by atoms with Crippen molar-refractivity contribution in [1.29, 1.82) is 0 Å². The molecule has 0 radical (unpaired) electrons. The average molecular weight is 326 g/mol. The summed E-state index contributed by atoms with van der Waals surface area (Å²) in [6, 6.07) is 10.7. The second-order valence-corrected chi connectivity index (χ2v) is 13.7. The normalized spacial score (nSPS) is 13.5. The van der Waals surface area contributed by atoms with Crippen LogP contribution in [0.4, 0.5) is 0 Å². The van der Waals surface area contributed by atoms with E-state index in [2.05, 4.69) is 19.6 Å². The minimum atomic E-state index is -3.20. The minimum absolute atomic E-state index is 0.384. The van der Waals surface area contributed by atoms with Crippen LogP contribution in [0.3, 0.4) is 0 Å². The van der Waals surface area contributed by atoms with E-state index in [0.717, 1.165) is 16.9 Å². The first kappa shape index (κ1) is 18.4.